The van der Waals surface area contributed by atoms with E-state index < -0.39 is 0 Å². The Kier molecular flexibility index (Phi) is 9.94. The first-order valence-electron chi connectivity index (χ1n) is 9.16. The number of nitrogens with two attached hydrogens (primary N) is 1. The van der Waals surface area contributed by atoms with Gasteiger partial charge in [-0.1, -0.05) is 45.1 Å². The van der Waals surface area contributed by atoms with Crippen molar-refractivity contribution in [1.29, 1.82) is 0 Å². The van der Waals surface area contributed by atoms with Crippen LogP contribution in [0.3, 0.4) is 0 Å². The van der Waals surface area contributed by atoms with E-state index in [4.69, 9.17) is 0 Å². The van der Waals surface area contributed by atoms with Crippen LogP contribution in [0.25, 0.3) is 0 Å². The lowest BCUT2D eigenvalue weighted by molar-refractivity contribution is -0.753. The summed E-state index contributed by atoms with van der Waals surface area (Å²) in [5.41, 5.74) is 0. The zero-order valence-electron chi connectivity index (χ0n) is 14.1. The average molecular weight is 297 g/mol. The summed E-state index contributed by atoms with van der Waals surface area (Å²) in [5, 5.41) is 13.8. The van der Waals surface area contributed by atoms with E-state index in [-0.39, 0.29) is 12.1 Å². The largest absolute Gasteiger partial charge is 0.848 e. The molecule has 3 unspecified atom stereocenters. The minimum atomic E-state index is -0.361. The van der Waals surface area contributed by atoms with Crippen molar-refractivity contribution in [1.82, 2.24) is 0 Å². The molecule has 1 aliphatic heterocycles. The van der Waals surface area contributed by atoms with Gasteiger partial charge in [0.15, 0.2) is 0 Å². The first kappa shape index (κ1) is 18.6. The number of Topliss-reactive ketones (excluding diaryl/α,β-unsaturated/α-hetero) is 1. The van der Waals surface area contributed by atoms with Crippen molar-refractivity contribution in [2.45, 2.75) is 109 Å². The summed E-state index contributed by atoms with van der Waals surface area (Å²) in [6.07, 6.45) is 12.6. The molecule has 21 heavy (non-hydrogen) atoms. The minimum absolute atomic E-state index is 0.254. The monoisotopic (exact) mass is 297 g/mol. The van der Waals surface area contributed by atoms with Crippen LogP contribution >= 0.6 is 0 Å². The molecule has 124 valence electrons. The number of unbranched alkanes of at least 4 members (excludes halogenated alkanes) is 5. The Bertz CT molecular complexity index is 280. The molecule has 3 nitrogen and oxygen atoms in total. The van der Waals surface area contributed by atoms with Crippen molar-refractivity contribution in [3.8, 4) is 0 Å². The summed E-state index contributed by atoms with van der Waals surface area (Å²) >= 11 is 0. The zero-order valence-corrected chi connectivity index (χ0v) is 14.1. The Hall–Kier alpha value is -0.410. The molecule has 0 aromatic rings. The molecule has 0 spiro atoms. The number of piperidine rings is 1. The normalized spacial score (nSPS) is 26.0. The molecule has 0 aromatic heterocycles. The van der Waals surface area contributed by atoms with Crippen LogP contribution in [0.1, 0.15) is 90.9 Å². The molecule has 0 amide bonds. The summed E-state index contributed by atoms with van der Waals surface area (Å²) in [7, 11) is 0. The predicted octanol–water partition coefficient (Wildman–Crippen LogP) is 2.32. The molecular weight excluding hydrogens is 262 g/mol. The average Bonchev–Trinajstić information content (AvgIpc) is 2.46. The molecule has 0 radical (unpaired) electrons. The highest BCUT2D eigenvalue weighted by Gasteiger charge is 2.23. The van der Waals surface area contributed by atoms with E-state index in [1.54, 1.807) is 0 Å². The zero-order chi connectivity index (χ0) is 15.5. The van der Waals surface area contributed by atoms with Crippen molar-refractivity contribution in [3.05, 3.63) is 0 Å². The van der Waals surface area contributed by atoms with Crippen LogP contribution in [0, 0.1) is 0 Å². The highest BCUT2D eigenvalue weighted by Crippen LogP contribution is 2.13. The number of ketones is 1. The quantitative estimate of drug-likeness (QED) is 0.595. The van der Waals surface area contributed by atoms with E-state index in [1.807, 2.05) is 0 Å². The van der Waals surface area contributed by atoms with E-state index in [9.17, 15) is 9.90 Å². The smallest absolute Gasteiger partial charge is 0.132 e. The van der Waals surface area contributed by atoms with Crippen molar-refractivity contribution in [3.63, 3.8) is 0 Å². The third kappa shape index (κ3) is 8.57. The van der Waals surface area contributed by atoms with Gasteiger partial charge in [-0.2, -0.15) is 0 Å². The second-order valence-electron chi connectivity index (χ2n) is 6.88. The Morgan fingerprint density at radius 3 is 2.38 bits per heavy atom. The van der Waals surface area contributed by atoms with Crippen LogP contribution in [-0.2, 0) is 4.79 Å². The Morgan fingerprint density at radius 1 is 1.05 bits per heavy atom. The maximum absolute atomic E-state index is 11.6. The molecule has 1 fully saturated rings. The molecule has 0 aliphatic carbocycles. The summed E-state index contributed by atoms with van der Waals surface area (Å²) in [6, 6.07) is 0.922. The van der Waals surface area contributed by atoms with Gasteiger partial charge in [0, 0.05) is 12.8 Å². The van der Waals surface area contributed by atoms with E-state index in [0.29, 0.717) is 11.8 Å². The highest BCUT2D eigenvalue weighted by molar-refractivity contribution is 5.78. The summed E-state index contributed by atoms with van der Waals surface area (Å²) < 4.78 is 0. The van der Waals surface area contributed by atoms with Crippen molar-refractivity contribution >= 4 is 5.78 Å². The molecule has 2 N–H and O–H groups in total. The van der Waals surface area contributed by atoms with Gasteiger partial charge in [-0.05, 0) is 39.0 Å². The number of carbonyl (C=O) groups is 1. The third-order valence-corrected chi connectivity index (χ3v) is 4.82. The Labute approximate surface area is 130 Å². The summed E-state index contributed by atoms with van der Waals surface area (Å²) in [5.74, 6) is 0.458. The number of quaternary nitrogens is 1. The number of rotatable bonds is 11. The number of hydrogen-bond donors (Lipinski definition) is 1. The van der Waals surface area contributed by atoms with Crippen LogP contribution in [0.5, 0.6) is 0 Å². The summed E-state index contributed by atoms with van der Waals surface area (Å²) in [4.78, 5) is 11.6. The van der Waals surface area contributed by atoms with Crippen molar-refractivity contribution in [2.24, 2.45) is 0 Å². The van der Waals surface area contributed by atoms with Crippen molar-refractivity contribution < 1.29 is 15.2 Å². The van der Waals surface area contributed by atoms with E-state index in [0.717, 1.165) is 38.5 Å². The lowest BCUT2D eigenvalue weighted by Gasteiger charge is -2.36. The topological polar surface area (TPSA) is 56.7 Å². The second kappa shape index (κ2) is 11.2. The molecule has 3 atom stereocenters. The van der Waals surface area contributed by atoms with Gasteiger partial charge in [-0.3, -0.25) is 4.79 Å². The minimum Gasteiger partial charge on any atom is -0.848 e. The maximum Gasteiger partial charge on any atom is 0.132 e. The molecule has 1 heterocycles. The fourth-order valence-corrected chi connectivity index (χ4v) is 3.31. The fourth-order valence-electron chi connectivity index (χ4n) is 3.31. The molecule has 1 saturated heterocycles. The van der Waals surface area contributed by atoms with Gasteiger partial charge < -0.3 is 10.4 Å². The van der Waals surface area contributed by atoms with Crippen LogP contribution in [0.4, 0.5) is 0 Å². The van der Waals surface area contributed by atoms with Gasteiger partial charge in [0.25, 0.3) is 0 Å². The highest BCUT2D eigenvalue weighted by atomic mass is 16.3. The van der Waals surface area contributed by atoms with Gasteiger partial charge in [0.2, 0.25) is 0 Å². The van der Waals surface area contributed by atoms with Gasteiger partial charge >= 0.3 is 0 Å². The third-order valence-electron chi connectivity index (χ3n) is 4.82. The molecule has 1 rings (SSSR count). The first-order valence-corrected chi connectivity index (χ1v) is 9.16. The Morgan fingerprint density at radius 2 is 1.71 bits per heavy atom. The van der Waals surface area contributed by atoms with Crippen molar-refractivity contribution in [2.75, 3.05) is 0 Å². The molecule has 3 heteroatoms. The lowest BCUT2D eigenvalue weighted by Crippen LogP contribution is -2.99. The van der Waals surface area contributed by atoms with Gasteiger partial charge in [-0.25, -0.2) is 0 Å². The van der Waals surface area contributed by atoms with Gasteiger partial charge in [0.05, 0.1) is 12.1 Å². The van der Waals surface area contributed by atoms with Crippen LogP contribution in [0.2, 0.25) is 0 Å². The van der Waals surface area contributed by atoms with Crippen LogP contribution in [-0.4, -0.2) is 24.0 Å². The molecular formula is C18H35NO2. The maximum atomic E-state index is 11.6. The molecule has 0 saturated carbocycles. The SMILES string of the molecule is CCCCCC(=O)CCCCCCC1CCC([O-])C(C)[NH2+]1. The number of carbonyl (C=O) groups excluding carboxylic acids is 1. The van der Waals surface area contributed by atoms with Gasteiger partial charge in [-0.15, -0.1) is 0 Å². The second-order valence-corrected chi connectivity index (χ2v) is 6.88. The standard InChI is InChI=1S/C18H34NO2/c1-3-4-7-11-17(20)12-9-6-5-8-10-16-13-14-18(21)15(2)19-16/h15-16,18-19H,3-14H2,1-2H3/q-1/p+1. The fraction of sp³-hybridized carbons (Fsp3) is 0.944. The van der Waals surface area contributed by atoms with Crippen LogP contribution in [0.15, 0.2) is 0 Å². The molecule has 1 aliphatic rings. The van der Waals surface area contributed by atoms with E-state index in [2.05, 4.69) is 19.2 Å². The number of hydrogen-bond acceptors (Lipinski definition) is 2. The predicted molar refractivity (Wildman–Crippen MR) is 85.0 cm³/mol. The molecule has 0 bridgehead atoms. The lowest BCUT2D eigenvalue weighted by atomic mass is 9.93. The van der Waals surface area contributed by atoms with Crippen LogP contribution < -0.4 is 10.4 Å². The Balaban J connectivity index is 1.92. The van der Waals surface area contributed by atoms with Gasteiger partial charge in [0.1, 0.15) is 5.78 Å². The first-order chi connectivity index (χ1) is 10.1. The van der Waals surface area contributed by atoms with E-state index in [1.165, 1.54) is 38.5 Å². The van der Waals surface area contributed by atoms with E-state index >= 15 is 0 Å². The summed E-state index contributed by atoms with van der Waals surface area (Å²) in [6.45, 7) is 4.24. The molecule has 0 aromatic carbocycles.